The molecule has 0 saturated carbocycles. The van der Waals surface area contributed by atoms with Crippen LogP contribution in [0.25, 0.3) is 10.9 Å². The fraction of sp³-hybridized carbons (Fsp3) is 0.111. The predicted octanol–water partition coefficient (Wildman–Crippen LogP) is 3.88. The molecule has 0 fully saturated rings. The predicted molar refractivity (Wildman–Crippen MR) is 86.8 cm³/mol. The maximum Gasteiger partial charge on any atom is 0.152 e. The van der Waals surface area contributed by atoms with E-state index in [9.17, 15) is 8.78 Å². The Balaban J connectivity index is 1.64. The molecule has 2 aromatic carbocycles. The molecule has 24 heavy (non-hydrogen) atoms. The average molecular weight is 325 g/mol. The molecule has 0 unspecified atom stereocenters. The third-order valence-corrected chi connectivity index (χ3v) is 3.43. The van der Waals surface area contributed by atoms with Crippen LogP contribution in [0.2, 0.25) is 0 Å². The van der Waals surface area contributed by atoms with Crippen LogP contribution in [0, 0.1) is 23.0 Å². The number of hydrogen-bond acceptors (Lipinski definition) is 4. The first kappa shape index (κ1) is 15.7. The molecule has 1 N–H and O–H groups in total. The van der Waals surface area contributed by atoms with E-state index in [1.165, 1.54) is 12.3 Å². The quantitative estimate of drug-likeness (QED) is 0.723. The number of benzene rings is 2. The molecule has 0 aliphatic rings. The second-order valence-corrected chi connectivity index (χ2v) is 5.05. The van der Waals surface area contributed by atoms with Crippen LogP contribution in [-0.2, 0) is 0 Å². The number of fused-ring (bicyclic) bond motifs is 1. The maximum absolute atomic E-state index is 13.7. The minimum absolute atomic E-state index is 0.120. The molecule has 120 valence electrons. The average Bonchev–Trinajstić information content (AvgIpc) is 2.59. The molecule has 0 spiro atoms. The van der Waals surface area contributed by atoms with Gasteiger partial charge in [0.2, 0.25) is 0 Å². The van der Waals surface area contributed by atoms with E-state index in [-0.39, 0.29) is 5.52 Å². The Labute approximate surface area is 137 Å². The van der Waals surface area contributed by atoms with Crippen LogP contribution >= 0.6 is 0 Å². The number of nitrogens with zero attached hydrogens (tertiary/aromatic N) is 2. The number of halogens is 2. The van der Waals surface area contributed by atoms with Crippen LogP contribution < -0.4 is 10.1 Å². The SMILES string of the molecule is N#Cc1ccc(OCCNc2ccnc3c(F)cc(F)cc23)cc1. The molecular formula is C18H13F2N3O. The molecule has 0 radical (unpaired) electrons. The fourth-order valence-electron chi connectivity index (χ4n) is 2.31. The number of pyridine rings is 1. The van der Waals surface area contributed by atoms with Crippen molar-refractivity contribution in [1.82, 2.24) is 4.98 Å². The number of nitriles is 1. The van der Waals surface area contributed by atoms with Crippen LogP contribution in [0.5, 0.6) is 5.75 Å². The van der Waals surface area contributed by atoms with Crippen LogP contribution in [-0.4, -0.2) is 18.1 Å². The lowest BCUT2D eigenvalue weighted by atomic mass is 10.1. The lowest BCUT2D eigenvalue weighted by Gasteiger charge is -2.11. The highest BCUT2D eigenvalue weighted by atomic mass is 19.1. The number of aromatic nitrogens is 1. The third kappa shape index (κ3) is 3.41. The standard InChI is InChI=1S/C18H13F2N3O/c19-13-9-15-17(5-6-23-18(15)16(20)10-13)22-7-8-24-14-3-1-12(11-21)2-4-14/h1-6,9-10H,7-8H2,(H,22,23). The Bertz CT molecular complexity index is 905. The minimum atomic E-state index is -0.692. The summed E-state index contributed by atoms with van der Waals surface area (Å²) in [4.78, 5) is 3.94. The molecule has 6 heteroatoms. The van der Waals surface area contributed by atoms with Gasteiger partial charge in [-0.25, -0.2) is 8.78 Å². The number of hydrogen-bond donors (Lipinski definition) is 1. The summed E-state index contributed by atoms with van der Waals surface area (Å²) in [5, 5.41) is 12.2. The van der Waals surface area contributed by atoms with Crippen molar-refractivity contribution in [3.8, 4) is 11.8 Å². The van der Waals surface area contributed by atoms with Gasteiger partial charge in [0.05, 0.1) is 11.6 Å². The van der Waals surface area contributed by atoms with E-state index in [2.05, 4.69) is 10.3 Å². The summed E-state index contributed by atoms with van der Waals surface area (Å²) in [7, 11) is 0. The highest BCUT2D eigenvalue weighted by Crippen LogP contribution is 2.24. The van der Waals surface area contributed by atoms with Crippen LogP contribution in [0.4, 0.5) is 14.5 Å². The topological polar surface area (TPSA) is 57.9 Å². The lowest BCUT2D eigenvalue weighted by Crippen LogP contribution is -2.12. The third-order valence-electron chi connectivity index (χ3n) is 3.43. The summed E-state index contributed by atoms with van der Waals surface area (Å²) in [5.41, 5.74) is 1.27. The molecule has 0 saturated heterocycles. The molecule has 0 amide bonds. The van der Waals surface area contributed by atoms with E-state index in [0.29, 0.717) is 35.5 Å². The van der Waals surface area contributed by atoms with Gasteiger partial charge in [-0.3, -0.25) is 4.98 Å². The van der Waals surface area contributed by atoms with E-state index < -0.39 is 11.6 Å². The van der Waals surface area contributed by atoms with Gasteiger partial charge in [0.15, 0.2) is 5.82 Å². The van der Waals surface area contributed by atoms with E-state index in [0.717, 1.165) is 6.07 Å². The van der Waals surface area contributed by atoms with Crippen molar-refractivity contribution < 1.29 is 13.5 Å². The van der Waals surface area contributed by atoms with E-state index in [4.69, 9.17) is 10.00 Å². The van der Waals surface area contributed by atoms with Gasteiger partial charge in [0.1, 0.15) is 23.7 Å². The highest BCUT2D eigenvalue weighted by Gasteiger charge is 2.08. The molecule has 0 atom stereocenters. The largest absolute Gasteiger partial charge is 0.492 e. The summed E-state index contributed by atoms with van der Waals surface area (Å²) in [6, 6.07) is 12.5. The van der Waals surface area contributed by atoms with Gasteiger partial charge in [0.25, 0.3) is 0 Å². The van der Waals surface area contributed by atoms with Crippen molar-refractivity contribution in [3.63, 3.8) is 0 Å². The van der Waals surface area contributed by atoms with E-state index in [1.807, 2.05) is 6.07 Å². The number of rotatable bonds is 5. The molecule has 4 nitrogen and oxygen atoms in total. The van der Waals surface area contributed by atoms with Gasteiger partial charge in [0, 0.05) is 29.9 Å². The molecule has 1 heterocycles. The van der Waals surface area contributed by atoms with Crippen molar-refractivity contribution in [2.75, 3.05) is 18.5 Å². The van der Waals surface area contributed by atoms with E-state index in [1.54, 1.807) is 30.3 Å². The molecule has 1 aromatic heterocycles. The van der Waals surface area contributed by atoms with Crippen molar-refractivity contribution in [1.29, 1.82) is 5.26 Å². The first-order chi connectivity index (χ1) is 11.7. The molecule has 0 aliphatic carbocycles. The molecule has 0 bridgehead atoms. The Hall–Kier alpha value is -3.20. The number of nitrogens with one attached hydrogen (secondary N) is 1. The fourth-order valence-corrected chi connectivity index (χ4v) is 2.31. The van der Waals surface area contributed by atoms with Crippen LogP contribution in [0.3, 0.4) is 0 Å². The normalized spacial score (nSPS) is 10.4. The Morgan fingerprint density at radius 1 is 1.12 bits per heavy atom. The first-order valence-corrected chi connectivity index (χ1v) is 7.28. The Morgan fingerprint density at radius 3 is 2.67 bits per heavy atom. The summed E-state index contributed by atoms with van der Waals surface area (Å²) in [6.45, 7) is 0.796. The van der Waals surface area contributed by atoms with Gasteiger partial charge in [-0.1, -0.05) is 0 Å². The summed E-state index contributed by atoms with van der Waals surface area (Å²) < 4.78 is 32.7. The Morgan fingerprint density at radius 2 is 1.92 bits per heavy atom. The zero-order valence-electron chi connectivity index (χ0n) is 12.6. The zero-order chi connectivity index (χ0) is 16.9. The summed E-state index contributed by atoms with van der Waals surface area (Å²) in [5.74, 6) is -0.695. The lowest BCUT2D eigenvalue weighted by molar-refractivity contribution is 0.333. The van der Waals surface area contributed by atoms with Crippen LogP contribution in [0.1, 0.15) is 5.56 Å². The monoisotopic (exact) mass is 325 g/mol. The number of anilines is 1. The van der Waals surface area contributed by atoms with Crippen molar-refractivity contribution >= 4 is 16.6 Å². The zero-order valence-corrected chi connectivity index (χ0v) is 12.6. The minimum Gasteiger partial charge on any atom is -0.492 e. The first-order valence-electron chi connectivity index (χ1n) is 7.28. The second kappa shape index (κ2) is 6.92. The number of ether oxygens (including phenoxy) is 1. The van der Waals surface area contributed by atoms with Gasteiger partial charge in [-0.15, -0.1) is 0 Å². The van der Waals surface area contributed by atoms with Crippen molar-refractivity contribution in [2.24, 2.45) is 0 Å². The van der Waals surface area contributed by atoms with Gasteiger partial charge >= 0.3 is 0 Å². The molecule has 3 rings (SSSR count). The summed E-state index contributed by atoms with van der Waals surface area (Å²) in [6.07, 6.45) is 1.47. The maximum atomic E-state index is 13.7. The summed E-state index contributed by atoms with van der Waals surface area (Å²) >= 11 is 0. The molecular weight excluding hydrogens is 312 g/mol. The van der Waals surface area contributed by atoms with Crippen molar-refractivity contribution in [3.05, 3.63) is 65.9 Å². The van der Waals surface area contributed by atoms with Crippen molar-refractivity contribution in [2.45, 2.75) is 0 Å². The Kier molecular flexibility index (Phi) is 4.52. The molecule has 3 aromatic rings. The van der Waals surface area contributed by atoms with E-state index >= 15 is 0 Å². The van der Waals surface area contributed by atoms with Gasteiger partial charge in [-0.05, 0) is 36.4 Å². The highest BCUT2D eigenvalue weighted by molar-refractivity contribution is 5.91. The second-order valence-electron chi connectivity index (χ2n) is 5.05. The van der Waals surface area contributed by atoms with Gasteiger partial charge < -0.3 is 10.1 Å². The smallest absolute Gasteiger partial charge is 0.152 e. The van der Waals surface area contributed by atoms with Gasteiger partial charge in [-0.2, -0.15) is 5.26 Å². The van der Waals surface area contributed by atoms with Crippen LogP contribution in [0.15, 0.2) is 48.7 Å². The molecule has 0 aliphatic heterocycles.